The number of ketones is 1. The molecule has 2 heterocycles. The molecule has 3 aromatic rings. The largest absolute Gasteiger partial charge is 0.497 e. The molecule has 8 nitrogen and oxygen atoms in total. The minimum atomic E-state index is -0.836. The van der Waals surface area contributed by atoms with Gasteiger partial charge in [0, 0.05) is 16.8 Å². The zero-order chi connectivity index (χ0) is 24.1. The molecule has 0 fully saturated rings. The van der Waals surface area contributed by atoms with Crippen molar-refractivity contribution >= 4 is 17.7 Å². The van der Waals surface area contributed by atoms with Crippen molar-refractivity contribution in [2.45, 2.75) is 40.3 Å². The van der Waals surface area contributed by atoms with Crippen LogP contribution in [0.3, 0.4) is 0 Å². The number of Topliss-reactive ketones (excluding diaryl/α,β-unsaturated/α-hetero) is 1. The fraction of sp³-hybridized carbons (Fsp3) is 0.320. The zero-order valence-corrected chi connectivity index (χ0v) is 19.4. The van der Waals surface area contributed by atoms with E-state index in [1.165, 1.54) is 18.3 Å². The van der Waals surface area contributed by atoms with Crippen LogP contribution in [0.2, 0.25) is 0 Å². The number of aryl methyl sites for hydroxylation is 1. The van der Waals surface area contributed by atoms with Crippen molar-refractivity contribution in [1.29, 1.82) is 0 Å². The van der Waals surface area contributed by atoms with Crippen LogP contribution in [0.15, 0.2) is 47.1 Å². The maximum Gasteiger partial charge on any atom is 0.355 e. The summed E-state index contributed by atoms with van der Waals surface area (Å²) in [6.07, 6.45) is 1.52. The fourth-order valence-electron chi connectivity index (χ4n) is 3.75. The Kier molecular flexibility index (Phi) is 7.37. The highest BCUT2D eigenvalue weighted by Crippen LogP contribution is 2.24. The number of methoxy groups -OCH3 is 1. The standard InChI is InChI=1S/C25H28N2O6/c1-6-32-25(30)22-15(2)21(16(3)26-22)23(28)17(4)27(14-20-11-8-12-33-20)24(29)18-9-7-10-19(13-18)31-5/h7-13,17,26H,6,14H2,1-5H3/t17-/m1/s1. The second kappa shape index (κ2) is 10.2. The predicted molar refractivity (Wildman–Crippen MR) is 122 cm³/mol. The van der Waals surface area contributed by atoms with Gasteiger partial charge < -0.3 is 23.8 Å². The van der Waals surface area contributed by atoms with Gasteiger partial charge in [0.15, 0.2) is 5.78 Å². The van der Waals surface area contributed by atoms with Crippen molar-refractivity contribution < 1.29 is 28.3 Å². The number of ether oxygens (including phenoxy) is 2. The summed E-state index contributed by atoms with van der Waals surface area (Å²) < 4.78 is 15.8. The first kappa shape index (κ1) is 23.8. The molecule has 0 saturated heterocycles. The van der Waals surface area contributed by atoms with E-state index in [-0.39, 0.29) is 30.5 Å². The van der Waals surface area contributed by atoms with E-state index < -0.39 is 12.0 Å². The Balaban J connectivity index is 1.98. The van der Waals surface area contributed by atoms with E-state index in [9.17, 15) is 14.4 Å². The summed E-state index contributed by atoms with van der Waals surface area (Å²) in [5, 5.41) is 0. The Hall–Kier alpha value is -3.81. The number of hydrogen-bond donors (Lipinski definition) is 1. The van der Waals surface area contributed by atoms with Crippen LogP contribution in [0.4, 0.5) is 0 Å². The van der Waals surface area contributed by atoms with Gasteiger partial charge in [-0.05, 0) is 63.6 Å². The number of rotatable bonds is 9. The summed E-state index contributed by atoms with van der Waals surface area (Å²) in [4.78, 5) is 43.7. The van der Waals surface area contributed by atoms with Gasteiger partial charge in [0.05, 0.1) is 32.6 Å². The van der Waals surface area contributed by atoms with Gasteiger partial charge in [-0.25, -0.2) is 4.79 Å². The van der Waals surface area contributed by atoms with E-state index in [4.69, 9.17) is 13.9 Å². The molecule has 174 valence electrons. The zero-order valence-electron chi connectivity index (χ0n) is 19.4. The Morgan fingerprint density at radius 3 is 2.55 bits per heavy atom. The number of nitrogens with zero attached hydrogens (tertiary/aromatic N) is 1. The summed E-state index contributed by atoms with van der Waals surface area (Å²) in [6, 6.07) is 9.39. The number of nitrogens with one attached hydrogen (secondary N) is 1. The minimum absolute atomic E-state index is 0.100. The van der Waals surface area contributed by atoms with Crippen molar-refractivity contribution in [1.82, 2.24) is 9.88 Å². The van der Waals surface area contributed by atoms with Gasteiger partial charge in [0.1, 0.15) is 17.2 Å². The van der Waals surface area contributed by atoms with Crippen LogP contribution in [0.5, 0.6) is 5.75 Å². The lowest BCUT2D eigenvalue weighted by atomic mass is 9.99. The Morgan fingerprint density at radius 1 is 1.15 bits per heavy atom. The lowest BCUT2D eigenvalue weighted by molar-refractivity contribution is 0.0518. The van der Waals surface area contributed by atoms with Crippen molar-refractivity contribution in [2.75, 3.05) is 13.7 Å². The third kappa shape index (κ3) is 5.00. The molecule has 0 bridgehead atoms. The van der Waals surface area contributed by atoms with Gasteiger partial charge in [-0.2, -0.15) is 0 Å². The molecule has 0 aliphatic carbocycles. The van der Waals surface area contributed by atoms with Crippen LogP contribution in [-0.4, -0.2) is 47.3 Å². The van der Waals surface area contributed by atoms with Crippen molar-refractivity contribution in [3.05, 3.63) is 76.5 Å². The molecule has 0 unspecified atom stereocenters. The number of carbonyl (C=O) groups excluding carboxylic acids is 3. The first-order valence-corrected chi connectivity index (χ1v) is 10.7. The lowest BCUT2D eigenvalue weighted by Crippen LogP contribution is -2.43. The van der Waals surface area contributed by atoms with Crippen LogP contribution in [-0.2, 0) is 11.3 Å². The molecule has 1 N–H and O–H groups in total. The van der Waals surface area contributed by atoms with Crippen molar-refractivity contribution in [2.24, 2.45) is 0 Å². The van der Waals surface area contributed by atoms with Crippen LogP contribution in [0.1, 0.15) is 62.1 Å². The summed E-state index contributed by atoms with van der Waals surface area (Å²) >= 11 is 0. The lowest BCUT2D eigenvalue weighted by Gasteiger charge is -2.28. The average molecular weight is 453 g/mol. The molecule has 0 radical (unpaired) electrons. The number of carbonyl (C=O) groups is 3. The van der Waals surface area contributed by atoms with E-state index in [1.807, 2.05) is 0 Å². The highest BCUT2D eigenvalue weighted by atomic mass is 16.5. The smallest absolute Gasteiger partial charge is 0.355 e. The topological polar surface area (TPSA) is 102 Å². The quantitative estimate of drug-likeness (QED) is 0.383. The molecule has 8 heteroatoms. The Labute approximate surface area is 192 Å². The molecule has 0 spiro atoms. The molecule has 0 aliphatic rings. The average Bonchev–Trinajstić information content (AvgIpc) is 3.43. The molecule has 3 rings (SSSR count). The summed E-state index contributed by atoms with van der Waals surface area (Å²) in [5.41, 5.74) is 2.03. The number of esters is 1. The highest BCUT2D eigenvalue weighted by molar-refractivity contribution is 6.07. The van der Waals surface area contributed by atoms with Gasteiger partial charge >= 0.3 is 5.97 Å². The number of amides is 1. The molecular weight excluding hydrogens is 424 g/mol. The van der Waals surface area contributed by atoms with Crippen LogP contribution >= 0.6 is 0 Å². The van der Waals surface area contributed by atoms with E-state index in [1.54, 1.807) is 64.1 Å². The molecular formula is C25H28N2O6. The number of aromatic nitrogens is 1. The van der Waals surface area contributed by atoms with Gasteiger partial charge in [0.25, 0.3) is 5.91 Å². The van der Waals surface area contributed by atoms with Crippen LogP contribution in [0, 0.1) is 13.8 Å². The van der Waals surface area contributed by atoms with E-state index in [0.717, 1.165) is 0 Å². The first-order chi connectivity index (χ1) is 15.8. The molecule has 2 aromatic heterocycles. The third-order valence-corrected chi connectivity index (χ3v) is 5.49. The molecule has 33 heavy (non-hydrogen) atoms. The monoisotopic (exact) mass is 452 g/mol. The van der Waals surface area contributed by atoms with Crippen LogP contribution < -0.4 is 4.74 Å². The van der Waals surface area contributed by atoms with Gasteiger partial charge in [-0.1, -0.05) is 6.07 Å². The second-order valence-electron chi connectivity index (χ2n) is 7.63. The van der Waals surface area contributed by atoms with Gasteiger partial charge in [-0.3, -0.25) is 9.59 Å². The van der Waals surface area contributed by atoms with E-state index in [0.29, 0.717) is 33.9 Å². The van der Waals surface area contributed by atoms with E-state index in [2.05, 4.69) is 4.98 Å². The van der Waals surface area contributed by atoms with Gasteiger partial charge in [0.2, 0.25) is 0 Å². The molecule has 1 atom stereocenters. The maximum absolute atomic E-state index is 13.6. The Morgan fingerprint density at radius 2 is 1.91 bits per heavy atom. The minimum Gasteiger partial charge on any atom is -0.497 e. The first-order valence-electron chi connectivity index (χ1n) is 10.7. The Bertz CT molecular complexity index is 1150. The fourth-order valence-corrected chi connectivity index (χ4v) is 3.75. The molecule has 0 aliphatic heterocycles. The van der Waals surface area contributed by atoms with Crippen LogP contribution in [0.25, 0.3) is 0 Å². The SMILES string of the molecule is CCOC(=O)c1[nH]c(C)c(C(=O)[C@@H](C)N(Cc2ccco2)C(=O)c2cccc(OC)c2)c1C. The summed E-state index contributed by atoms with van der Waals surface area (Å²) in [7, 11) is 1.52. The number of benzene rings is 1. The molecule has 1 amide bonds. The summed E-state index contributed by atoms with van der Waals surface area (Å²) in [6.45, 7) is 7.12. The summed E-state index contributed by atoms with van der Waals surface area (Å²) in [5.74, 6) is -0.0817. The molecule has 1 aromatic carbocycles. The number of aromatic amines is 1. The maximum atomic E-state index is 13.6. The van der Waals surface area contributed by atoms with Gasteiger partial charge in [-0.15, -0.1) is 0 Å². The molecule has 0 saturated carbocycles. The third-order valence-electron chi connectivity index (χ3n) is 5.49. The highest BCUT2D eigenvalue weighted by Gasteiger charge is 2.32. The number of hydrogen-bond acceptors (Lipinski definition) is 6. The normalized spacial score (nSPS) is 11.7. The number of H-pyrrole nitrogens is 1. The van der Waals surface area contributed by atoms with E-state index >= 15 is 0 Å². The number of furan rings is 1. The van der Waals surface area contributed by atoms with Crippen molar-refractivity contribution in [3.63, 3.8) is 0 Å². The van der Waals surface area contributed by atoms with Crippen molar-refractivity contribution in [3.8, 4) is 5.75 Å². The predicted octanol–water partition coefficient (Wildman–Crippen LogP) is 4.32. The second-order valence-corrected chi connectivity index (χ2v) is 7.63.